The molecule has 152 valence electrons. The Labute approximate surface area is 168 Å². The van der Waals surface area contributed by atoms with E-state index in [0.29, 0.717) is 11.5 Å². The number of benzene rings is 3. The van der Waals surface area contributed by atoms with E-state index in [1.165, 1.54) is 17.0 Å². The molecule has 3 aromatic rings. The fraction of sp³-hybridized carbons (Fsp3) is 0.360. The Bertz CT molecular complexity index is 1020. The lowest BCUT2D eigenvalue weighted by molar-refractivity contribution is -0.140. The van der Waals surface area contributed by atoms with E-state index in [0.717, 1.165) is 55.2 Å². The molecule has 0 saturated carbocycles. The Morgan fingerprint density at radius 2 is 1.79 bits per heavy atom. The van der Waals surface area contributed by atoms with Gasteiger partial charge in [-0.05, 0) is 64.8 Å². The minimum atomic E-state index is -4.68. The van der Waals surface area contributed by atoms with Crippen LogP contribution in [0, 0.1) is 11.7 Å². The maximum absolute atomic E-state index is 14.4. The zero-order chi connectivity index (χ0) is 20.6. The predicted molar refractivity (Wildman–Crippen MR) is 109 cm³/mol. The number of fused-ring (bicyclic) bond motifs is 3. The molecule has 4 heteroatoms. The van der Waals surface area contributed by atoms with E-state index in [4.69, 9.17) is 0 Å². The average Bonchev–Trinajstić information content (AvgIpc) is 2.70. The summed E-state index contributed by atoms with van der Waals surface area (Å²) in [6.45, 7) is 2.14. The highest BCUT2D eigenvalue weighted by Gasteiger charge is 2.36. The van der Waals surface area contributed by atoms with Crippen LogP contribution in [0.1, 0.15) is 60.8 Å². The lowest BCUT2D eigenvalue weighted by atomic mass is 9.69. The van der Waals surface area contributed by atoms with E-state index in [9.17, 15) is 17.6 Å². The number of rotatable bonds is 4. The third kappa shape index (κ3) is 3.77. The molecule has 2 atom stereocenters. The van der Waals surface area contributed by atoms with Crippen molar-refractivity contribution in [2.24, 2.45) is 5.92 Å². The molecule has 0 saturated heterocycles. The first-order chi connectivity index (χ1) is 13.9. The summed E-state index contributed by atoms with van der Waals surface area (Å²) in [6, 6.07) is 15.8. The molecule has 3 aromatic carbocycles. The van der Waals surface area contributed by atoms with Crippen LogP contribution in [-0.2, 0) is 12.6 Å². The van der Waals surface area contributed by atoms with Gasteiger partial charge in [0.05, 0.1) is 5.56 Å². The number of hydrogen-bond donors (Lipinski definition) is 0. The predicted octanol–water partition coefficient (Wildman–Crippen LogP) is 7.88. The molecular weight excluding hydrogens is 376 g/mol. The molecule has 4 rings (SSSR count). The number of aryl methyl sites for hydroxylation is 1. The van der Waals surface area contributed by atoms with Gasteiger partial charge in [-0.2, -0.15) is 13.2 Å². The Morgan fingerprint density at radius 1 is 1.00 bits per heavy atom. The number of hydrogen-bond acceptors (Lipinski definition) is 0. The van der Waals surface area contributed by atoms with Crippen LogP contribution in [0.4, 0.5) is 17.6 Å². The van der Waals surface area contributed by atoms with Gasteiger partial charge in [-0.15, -0.1) is 0 Å². The van der Waals surface area contributed by atoms with Gasteiger partial charge in [0.2, 0.25) is 0 Å². The molecule has 0 fully saturated rings. The highest BCUT2D eigenvalue weighted by atomic mass is 19.4. The first-order valence-electron chi connectivity index (χ1n) is 10.3. The second-order valence-corrected chi connectivity index (χ2v) is 8.01. The van der Waals surface area contributed by atoms with Gasteiger partial charge in [0.25, 0.3) is 0 Å². The second-order valence-electron chi connectivity index (χ2n) is 8.01. The second kappa shape index (κ2) is 7.81. The van der Waals surface area contributed by atoms with Gasteiger partial charge >= 0.3 is 6.18 Å². The van der Waals surface area contributed by atoms with Gasteiger partial charge in [-0.3, -0.25) is 0 Å². The van der Waals surface area contributed by atoms with Gasteiger partial charge in [0.1, 0.15) is 5.82 Å². The maximum Gasteiger partial charge on any atom is 0.419 e. The third-order valence-electron chi connectivity index (χ3n) is 6.23. The Kier molecular flexibility index (Phi) is 5.37. The molecule has 0 aromatic heterocycles. The van der Waals surface area contributed by atoms with Crippen molar-refractivity contribution in [1.29, 1.82) is 0 Å². The number of halogens is 4. The van der Waals surface area contributed by atoms with Crippen molar-refractivity contribution in [3.63, 3.8) is 0 Å². The summed E-state index contributed by atoms with van der Waals surface area (Å²) in [6.07, 6.45) is 0.363. The van der Waals surface area contributed by atoms with Gasteiger partial charge in [-0.1, -0.05) is 62.2 Å². The summed E-state index contributed by atoms with van der Waals surface area (Å²) in [5, 5.41) is 2.35. The van der Waals surface area contributed by atoms with E-state index in [1.54, 1.807) is 0 Å². The van der Waals surface area contributed by atoms with Crippen LogP contribution < -0.4 is 0 Å². The third-order valence-corrected chi connectivity index (χ3v) is 6.23. The SMILES string of the molecule is CCCC[C@@H]1CCc2c(ccc3ccccc23)[C@H]1c1ccc(C(F)(F)F)c(F)c1. The topological polar surface area (TPSA) is 0 Å². The molecule has 0 bridgehead atoms. The molecule has 0 radical (unpaired) electrons. The summed E-state index contributed by atoms with van der Waals surface area (Å²) in [7, 11) is 0. The summed E-state index contributed by atoms with van der Waals surface area (Å²) in [5.74, 6) is -0.955. The Balaban J connectivity index is 1.84. The van der Waals surface area contributed by atoms with Crippen molar-refractivity contribution in [2.45, 2.75) is 51.1 Å². The first-order valence-corrected chi connectivity index (χ1v) is 10.3. The Morgan fingerprint density at radius 3 is 2.52 bits per heavy atom. The zero-order valence-corrected chi connectivity index (χ0v) is 16.4. The lowest BCUT2D eigenvalue weighted by Gasteiger charge is -2.35. The van der Waals surface area contributed by atoms with Crippen LogP contribution in [0.2, 0.25) is 0 Å². The Hall–Kier alpha value is -2.36. The van der Waals surface area contributed by atoms with Crippen molar-refractivity contribution < 1.29 is 17.6 Å². The van der Waals surface area contributed by atoms with Crippen molar-refractivity contribution in [2.75, 3.05) is 0 Å². The van der Waals surface area contributed by atoms with Crippen LogP contribution >= 0.6 is 0 Å². The fourth-order valence-corrected chi connectivity index (χ4v) is 4.86. The normalized spacial score (nSPS) is 19.3. The molecule has 0 heterocycles. The lowest BCUT2D eigenvalue weighted by Crippen LogP contribution is -2.23. The molecule has 1 aliphatic carbocycles. The van der Waals surface area contributed by atoms with Gasteiger partial charge in [0.15, 0.2) is 0 Å². The summed E-state index contributed by atoms with van der Waals surface area (Å²) in [5.41, 5.74) is 1.84. The molecule has 0 amide bonds. The van der Waals surface area contributed by atoms with Gasteiger partial charge in [-0.25, -0.2) is 4.39 Å². The fourth-order valence-electron chi connectivity index (χ4n) is 4.86. The molecule has 0 unspecified atom stereocenters. The minimum Gasteiger partial charge on any atom is -0.206 e. The smallest absolute Gasteiger partial charge is 0.206 e. The van der Waals surface area contributed by atoms with E-state index in [2.05, 4.69) is 31.2 Å². The van der Waals surface area contributed by atoms with Crippen LogP contribution in [0.3, 0.4) is 0 Å². The highest BCUT2D eigenvalue weighted by molar-refractivity contribution is 5.87. The van der Waals surface area contributed by atoms with E-state index < -0.39 is 17.6 Å². The largest absolute Gasteiger partial charge is 0.419 e. The molecule has 0 N–H and O–H groups in total. The van der Waals surface area contributed by atoms with E-state index >= 15 is 0 Å². The summed E-state index contributed by atoms with van der Waals surface area (Å²) in [4.78, 5) is 0. The zero-order valence-electron chi connectivity index (χ0n) is 16.4. The number of unbranched alkanes of at least 4 members (excludes halogenated alkanes) is 1. The maximum atomic E-state index is 14.4. The molecule has 0 aliphatic heterocycles. The molecular formula is C25H24F4. The monoisotopic (exact) mass is 400 g/mol. The highest BCUT2D eigenvalue weighted by Crippen LogP contribution is 2.46. The van der Waals surface area contributed by atoms with E-state index in [-0.39, 0.29) is 5.92 Å². The quantitative estimate of drug-likeness (QED) is 0.391. The minimum absolute atomic E-state index is 0.0771. The van der Waals surface area contributed by atoms with Crippen LogP contribution in [0.5, 0.6) is 0 Å². The first kappa shape index (κ1) is 19.9. The molecule has 0 nitrogen and oxygen atoms in total. The van der Waals surface area contributed by atoms with Crippen molar-refractivity contribution in [3.8, 4) is 0 Å². The standard InChI is InChI=1S/C25H24F4/c1-2-3-6-17-10-12-20-19-8-5-4-7-16(19)9-13-21(20)24(17)18-11-14-22(23(26)15-18)25(27,28)29/h4-5,7-9,11,13-15,17,24H,2-3,6,10,12H2,1H3/t17-,24-/m1/s1. The van der Waals surface area contributed by atoms with Crippen LogP contribution in [-0.4, -0.2) is 0 Å². The van der Waals surface area contributed by atoms with Crippen molar-refractivity contribution >= 4 is 10.8 Å². The molecule has 29 heavy (non-hydrogen) atoms. The van der Waals surface area contributed by atoms with Crippen LogP contribution in [0.25, 0.3) is 10.8 Å². The molecule has 1 aliphatic rings. The summed E-state index contributed by atoms with van der Waals surface area (Å²) < 4.78 is 53.5. The van der Waals surface area contributed by atoms with Crippen molar-refractivity contribution in [1.82, 2.24) is 0 Å². The van der Waals surface area contributed by atoms with Crippen molar-refractivity contribution in [3.05, 3.63) is 82.7 Å². The van der Waals surface area contributed by atoms with Gasteiger partial charge < -0.3 is 0 Å². The average molecular weight is 400 g/mol. The number of alkyl halides is 3. The molecule has 0 spiro atoms. The van der Waals surface area contributed by atoms with Crippen LogP contribution in [0.15, 0.2) is 54.6 Å². The van der Waals surface area contributed by atoms with E-state index in [1.807, 2.05) is 12.1 Å². The summed E-state index contributed by atoms with van der Waals surface area (Å²) >= 11 is 0. The van der Waals surface area contributed by atoms with Gasteiger partial charge in [0, 0.05) is 5.92 Å².